The van der Waals surface area contributed by atoms with Crippen molar-refractivity contribution in [1.29, 1.82) is 0 Å². The molecule has 1 unspecified atom stereocenters. The van der Waals surface area contributed by atoms with E-state index in [1.165, 1.54) is 45.2 Å². The Morgan fingerprint density at radius 1 is 1.12 bits per heavy atom. The van der Waals surface area contributed by atoms with Crippen LogP contribution in [0.5, 0.6) is 0 Å². The van der Waals surface area contributed by atoms with Crippen LogP contribution in [0.4, 0.5) is 0 Å². The van der Waals surface area contributed by atoms with Crippen LogP contribution in [0.15, 0.2) is 24.2 Å². The molecule has 24 heavy (non-hydrogen) atoms. The molecule has 3 aliphatic rings. The third-order valence-corrected chi connectivity index (χ3v) is 5.63. The maximum absolute atomic E-state index is 6.43. The number of piperidine rings is 2. The molecular weight excluding hydrogens is 300 g/mol. The van der Waals surface area contributed by atoms with Gasteiger partial charge in [0.1, 0.15) is 24.2 Å². The van der Waals surface area contributed by atoms with Gasteiger partial charge in [-0.2, -0.15) is 0 Å². The van der Waals surface area contributed by atoms with Crippen molar-refractivity contribution in [2.24, 2.45) is 5.92 Å². The zero-order valence-electron chi connectivity index (χ0n) is 15.5. The molecule has 3 heterocycles. The zero-order valence-corrected chi connectivity index (χ0v) is 15.5. The number of rotatable bonds is 4. The molecule has 0 radical (unpaired) electrons. The molecule has 4 nitrogen and oxygen atoms in total. The summed E-state index contributed by atoms with van der Waals surface area (Å²) in [7, 11) is 0. The number of allylic oxidation sites excluding steroid dienone is 2. The molecule has 136 valence electrons. The highest BCUT2D eigenvalue weighted by Crippen LogP contribution is 2.30. The van der Waals surface area contributed by atoms with Crippen LogP contribution in [0.3, 0.4) is 0 Å². The molecule has 4 heteroatoms. The minimum atomic E-state index is 0.136. The van der Waals surface area contributed by atoms with Gasteiger partial charge in [0.2, 0.25) is 0 Å². The third-order valence-electron chi connectivity index (χ3n) is 5.63. The lowest BCUT2D eigenvalue weighted by Gasteiger charge is -2.36. The Bertz CT molecular complexity index is 447. The van der Waals surface area contributed by atoms with Crippen LogP contribution in [-0.2, 0) is 9.47 Å². The smallest absolute Gasteiger partial charge is 0.145 e. The van der Waals surface area contributed by atoms with Crippen LogP contribution >= 0.6 is 0 Å². The van der Waals surface area contributed by atoms with Gasteiger partial charge >= 0.3 is 0 Å². The average molecular weight is 335 g/mol. The zero-order chi connectivity index (χ0) is 16.9. The van der Waals surface area contributed by atoms with E-state index in [0.29, 0.717) is 18.6 Å². The van der Waals surface area contributed by atoms with Crippen LogP contribution in [0, 0.1) is 5.92 Å². The van der Waals surface area contributed by atoms with Gasteiger partial charge in [-0.3, -0.25) is 4.90 Å². The Morgan fingerprint density at radius 3 is 2.50 bits per heavy atom. The van der Waals surface area contributed by atoms with Crippen LogP contribution in [-0.4, -0.2) is 61.3 Å². The number of nitrogens with zero attached hydrogens (tertiary/aromatic N) is 2. The molecule has 0 N–H and O–H groups in total. The molecular formula is C20H34N2O2. The summed E-state index contributed by atoms with van der Waals surface area (Å²) in [6.07, 6.45) is 8.53. The summed E-state index contributed by atoms with van der Waals surface area (Å²) in [4.78, 5) is 5.09. The van der Waals surface area contributed by atoms with E-state index in [-0.39, 0.29) is 6.10 Å². The van der Waals surface area contributed by atoms with Crippen molar-refractivity contribution in [1.82, 2.24) is 9.80 Å². The molecule has 1 atom stereocenters. The van der Waals surface area contributed by atoms with Crippen molar-refractivity contribution in [2.45, 2.75) is 58.1 Å². The monoisotopic (exact) mass is 334 g/mol. The van der Waals surface area contributed by atoms with Gasteiger partial charge in [0.25, 0.3) is 0 Å². The molecule has 0 aromatic carbocycles. The lowest BCUT2D eigenvalue weighted by Crippen LogP contribution is -2.41. The summed E-state index contributed by atoms with van der Waals surface area (Å²) in [6, 6.07) is 0.639. The van der Waals surface area contributed by atoms with Gasteiger partial charge in [0, 0.05) is 24.6 Å². The summed E-state index contributed by atoms with van der Waals surface area (Å²) in [6.45, 7) is 14.9. The normalized spacial score (nSPS) is 28.2. The molecule has 2 saturated heterocycles. The number of ether oxygens (including phenoxy) is 2. The van der Waals surface area contributed by atoms with Gasteiger partial charge < -0.3 is 14.4 Å². The lowest BCUT2D eigenvalue weighted by molar-refractivity contribution is 0.0100. The molecule has 3 rings (SSSR count). The highest BCUT2D eigenvalue weighted by Gasteiger charge is 2.29. The van der Waals surface area contributed by atoms with Crippen LogP contribution in [0.1, 0.15) is 46.0 Å². The highest BCUT2D eigenvalue weighted by molar-refractivity contribution is 5.16. The molecule has 2 fully saturated rings. The first-order chi connectivity index (χ1) is 11.6. The fourth-order valence-electron chi connectivity index (χ4n) is 4.10. The van der Waals surface area contributed by atoms with Crippen LogP contribution < -0.4 is 0 Å². The number of hydrogen-bond acceptors (Lipinski definition) is 4. The fraction of sp³-hybridized carbons (Fsp3) is 0.800. The summed E-state index contributed by atoms with van der Waals surface area (Å²) in [5.74, 6) is 2.39. The summed E-state index contributed by atoms with van der Waals surface area (Å²) in [5.41, 5.74) is 0. The van der Waals surface area contributed by atoms with Crippen molar-refractivity contribution in [3.63, 3.8) is 0 Å². The summed E-state index contributed by atoms with van der Waals surface area (Å²) >= 11 is 0. The first-order valence-corrected chi connectivity index (χ1v) is 9.78. The molecule has 0 aromatic heterocycles. The Kier molecular flexibility index (Phi) is 6.23. The van der Waals surface area contributed by atoms with Crippen molar-refractivity contribution >= 4 is 0 Å². The SMILES string of the molecule is C=C1C=C(C2CCN(C(C)C)CC2)OC(CN2CCCCC2)CO1. The van der Waals surface area contributed by atoms with E-state index in [9.17, 15) is 0 Å². The second-order valence-corrected chi connectivity index (χ2v) is 7.83. The van der Waals surface area contributed by atoms with E-state index in [1.54, 1.807) is 0 Å². The Morgan fingerprint density at radius 2 is 1.83 bits per heavy atom. The lowest BCUT2D eigenvalue weighted by atomic mass is 9.93. The van der Waals surface area contributed by atoms with Gasteiger partial charge in [-0.05, 0) is 65.7 Å². The standard InChI is InChI=1S/C20H34N2O2/c1-16(2)22-11-7-18(8-12-22)20-13-17(3)23-15-19(24-20)14-21-9-5-4-6-10-21/h13,16,18-19H,3-12,14-15H2,1-2H3. The first-order valence-electron chi connectivity index (χ1n) is 9.78. The van der Waals surface area contributed by atoms with E-state index < -0.39 is 0 Å². The third kappa shape index (κ3) is 4.76. The van der Waals surface area contributed by atoms with E-state index in [4.69, 9.17) is 9.47 Å². The van der Waals surface area contributed by atoms with Crippen molar-refractivity contribution in [3.05, 3.63) is 24.2 Å². The maximum Gasteiger partial charge on any atom is 0.145 e. The van der Waals surface area contributed by atoms with E-state index in [0.717, 1.165) is 31.2 Å². The van der Waals surface area contributed by atoms with Crippen molar-refractivity contribution < 1.29 is 9.47 Å². The molecule has 0 spiro atoms. The predicted octanol–water partition coefficient (Wildman–Crippen LogP) is 3.41. The molecule has 0 bridgehead atoms. The van der Waals surface area contributed by atoms with Gasteiger partial charge in [-0.1, -0.05) is 13.0 Å². The van der Waals surface area contributed by atoms with Crippen LogP contribution in [0.25, 0.3) is 0 Å². The maximum atomic E-state index is 6.43. The number of hydrogen-bond donors (Lipinski definition) is 0. The van der Waals surface area contributed by atoms with E-state index in [2.05, 4.69) is 30.2 Å². The number of likely N-dealkylation sites (tertiary alicyclic amines) is 2. The molecule has 0 saturated carbocycles. The van der Waals surface area contributed by atoms with E-state index >= 15 is 0 Å². The molecule has 3 aliphatic heterocycles. The van der Waals surface area contributed by atoms with Gasteiger partial charge in [-0.15, -0.1) is 0 Å². The largest absolute Gasteiger partial charge is 0.490 e. The minimum absolute atomic E-state index is 0.136. The van der Waals surface area contributed by atoms with Gasteiger partial charge in [0.05, 0.1) is 0 Å². The average Bonchev–Trinajstić information content (AvgIpc) is 2.78. The summed E-state index contributed by atoms with van der Waals surface area (Å²) < 4.78 is 12.2. The van der Waals surface area contributed by atoms with Crippen LogP contribution in [0.2, 0.25) is 0 Å². The van der Waals surface area contributed by atoms with Crippen molar-refractivity contribution in [2.75, 3.05) is 39.3 Å². The molecule has 0 aromatic rings. The fourth-order valence-corrected chi connectivity index (χ4v) is 4.10. The molecule has 0 aliphatic carbocycles. The summed E-state index contributed by atoms with van der Waals surface area (Å²) in [5, 5.41) is 0. The Balaban J connectivity index is 1.57. The first kappa shape index (κ1) is 17.8. The highest BCUT2D eigenvalue weighted by atomic mass is 16.5. The molecule has 0 amide bonds. The Labute approximate surface area is 147 Å². The van der Waals surface area contributed by atoms with Gasteiger partial charge in [-0.25, -0.2) is 0 Å². The minimum Gasteiger partial charge on any atom is -0.490 e. The van der Waals surface area contributed by atoms with E-state index in [1.807, 2.05) is 6.08 Å². The van der Waals surface area contributed by atoms with Crippen molar-refractivity contribution in [3.8, 4) is 0 Å². The predicted molar refractivity (Wildman–Crippen MR) is 97.8 cm³/mol. The second kappa shape index (κ2) is 8.39. The topological polar surface area (TPSA) is 24.9 Å². The second-order valence-electron chi connectivity index (χ2n) is 7.83. The van der Waals surface area contributed by atoms with Gasteiger partial charge in [0.15, 0.2) is 0 Å². The quantitative estimate of drug-likeness (QED) is 0.787. The Hall–Kier alpha value is -1.00.